The fraction of sp³-hybridized carbons (Fsp3) is 0.318. The zero-order valence-electron chi connectivity index (χ0n) is 15.9. The summed E-state index contributed by atoms with van der Waals surface area (Å²) in [6.07, 6.45) is 1.64. The smallest absolute Gasteiger partial charge is 0.220 e. The van der Waals surface area contributed by atoms with Crippen LogP contribution in [0.25, 0.3) is 22.2 Å². The highest BCUT2D eigenvalue weighted by atomic mass is 32.2. The molecule has 2 aromatic carbocycles. The zero-order chi connectivity index (χ0) is 20.4. The second-order valence-electron chi connectivity index (χ2n) is 7.53. The number of aromatic nitrogens is 1. The fourth-order valence-electron chi connectivity index (χ4n) is 3.90. The quantitative estimate of drug-likeness (QED) is 0.670. The van der Waals surface area contributed by atoms with Crippen molar-refractivity contribution >= 4 is 26.6 Å². The maximum Gasteiger partial charge on any atom is 0.220 e. The van der Waals surface area contributed by atoms with Crippen molar-refractivity contribution < 1.29 is 17.6 Å². The maximum atomic E-state index is 13.9. The number of nitrogens with one attached hydrogen (secondary N) is 2. The fourth-order valence-corrected chi connectivity index (χ4v) is 5.39. The minimum Gasteiger partial charge on any atom is -0.354 e. The van der Waals surface area contributed by atoms with Gasteiger partial charge in [0.15, 0.2) is 0 Å². The molecule has 4 rings (SSSR count). The predicted octanol–water partition coefficient (Wildman–Crippen LogP) is 3.60. The Morgan fingerprint density at radius 3 is 2.55 bits per heavy atom. The van der Waals surface area contributed by atoms with Gasteiger partial charge in [0, 0.05) is 29.1 Å². The third-order valence-electron chi connectivity index (χ3n) is 5.45. The number of halogens is 1. The van der Waals surface area contributed by atoms with Gasteiger partial charge in [-0.1, -0.05) is 30.3 Å². The second-order valence-corrected chi connectivity index (χ2v) is 9.83. The first-order valence-corrected chi connectivity index (χ1v) is 11.6. The van der Waals surface area contributed by atoms with Gasteiger partial charge in [-0.2, -0.15) is 0 Å². The number of aromatic amines is 1. The highest BCUT2D eigenvalue weighted by Crippen LogP contribution is 2.31. The van der Waals surface area contributed by atoms with Crippen molar-refractivity contribution in [2.75, 3.05) is 11.5 Å². The molecule has 1 amide bonds. The van der Waals surface area contributed by atoms with Gasteiger partial charge in [-0.25, -0.2) is 12.8 Å². The molecule has 2 N–H and O–H groups in total. The Kier molecular flexibility index (Phi) is 5.41. The number of carbonyl (C=O) groups excluding carboxylic acids is 1. The monoisotopic (exact) mass is 414 g/mol. The molecule has 0 aliphatic carbocycles. The molecule has 5 nitrogen and oxygen atoms in total. The molecular formula is C22H23FN2O3S. The normalized spacial score (nSPS) is 16.7. The molecule has 0 saturated carbocycles. The largest absolute Gasteiger partial charge is 0.354 e. The minimum atomic E-state index is -2.95. The van der Waals surface area contributed by atoms with E-state index in [-0.39, 0.29) is 35.7 Å². The van der Waals surface area contributed by atoms with Crippen molar-refractivity contribution in [2.24, 2.45) is 0 Å². The third kappa shape index (κ3) is 4.50. The molecule has 0 atom stereocenters. The first kappa shape index (κ1) is 19.6. The van der Waals surface area contributed by atoms with Crippen molar-refractivity contribution in [3.05, 3.63) is 59.9 Å². The molecule has 1 fully saturated rings. The van der Waals surface area contributed by atoms with E-state index in [9.17, 15) is 17.6 Å². The van der Waals surface area contributed by atoms with Crippen LogP contribution in [0.2, 0.25) is 0 Å². The van der Waals surface area contributed by atoms with E-state index in [0.717, 1.165) is 27.7 Å². The molecule has 152 valence electrons. The average molecular weight is 415 g/mol. The van der Waals surface area contributed by atoms with Crippen LogP contribution in [-0.2, 0) is 21.1 Å². The number of aryl methyl sites for hydroxylation is 1. The van der Waals surface area contributed by atoms with Gasteiger partial charge < -0.3 is 10.3 Å². The summed E-state index contributed by atoms with van der Waals surface area (Å²) in [5, 5.41) is 3.73. The first-order valence-electron chi connectivity index (χ1n) is 9.76. The maximum absolute atomic E-state index is 13.9. The topological polar surface area (TPSA) is 79.0 Å². The highest BCUT2D eigenvalue weighted by Gasteiger charge is 2.24. The molecule has 0 spiro atoms. The van der Waals surface area contributed by atoms with Gasteiger partial charge in [0.2, 0.25) is 5.91 Å². The Morgan fingerprint density at radius 2 is 1.83 bits per heavy atom. The van der Waals surface area contributed by atoms with E-state index in [4.69, 9.17) is 0 Å². The molecule has 2 heterocycles. The van der Waals surface area contributed by atoms with Crippen molar-refractivity contribution in [1.29, 1.82) is 0 Å². The number of hydrogen-bond acceptors (Lipinski definition) is 3. The number of carbonyl (C=O) groups is 1. The van der Waals surface area contributed by atoms with Crippen LogP contribution in [-0.4, -0.2) is 36.9 Å². The van der Waals surface area contributed by atoms with Crippen LogP contribution >= 0.6 is 0 Å². The van der Waals surface area contributed by atoms with Crippen LogP contribution in [0.3, 0.4) is 0 Å². The van der Waals surface area contributed by atoms with E-state index in [0.29, 0.717) is 19.3 Å². The molecule has 1 aromatic heterocycles. The Balaban J connectivity index is 1.52. The number of rotatable bonds is 5. The van der Waals surface area contributed by atoms with Crippen molar-refractivity contribution in [3.8, 4) is 11.3 Å². The highest BCUT2D eigenvalue weighted by molar-refractivity contribution is 7.91. The van der Waals surface area contributed by atoms with Gasteiger partial charge in [0.05, 0.1) is 11.5 Å². The number of H-pyrrole nitrogens is 1. The molecule has 0 unspecified atom stereocenters. The van der Waals surface area contributed by atoms with Crippen LogP contribution in [0.4, 0.5) is 4.39 Å². The van der Waals surface area contributed by atoms with Crippen molar-refractivity contribution in [1.82, 2.24) is 10.3 Å². The standard InChI is InChI=1S/C22H23FN2O3S/c23-16-6-8-20-19(14-16)18(22(25-20)15-4-2-1-3-5-15)7-9-21(26)24-17-10-12-29(27,28)13-11-17/h1-6,8,14,17,25H,7,9-13H2,(H,24,26). The van der Waals surface area contributed by atoms with Gasteiger partial charge in [-0.3, -0.25) is 4.79 Å². The number of amides is 1. The number of sulfone groups is 1. The Morgan fingerprint density at radius 1 is 1.10 bits per heavy atom. The molecule has 0 bridgehead atoms. The lowest BCUT2D eigenvalue weighted by Crippen LogP contribution is -2.40. The molecule has 0 radical (unpaired) electrons. The van der Waals surface area contributed by atoms with Crippen LogP contribution in [0, 0.1) is 5.82 Å². The van der Waals surface area contributed by atoms with E-state index in [1.165, 1.54) is 12.1 Å². The summed E-state index contributed by atoms with van der Waals surface area (Å²) < 4.78 is 36.9. The SMILES string of the molecule is O=C(CCc1c(-c2ccccc2)[nH]c2ccc(F)cc12)NC1CCS(=O)(=O)CC1. The average Bonchev–Trinajstić information content (AvgIpc) is 3.06. The third-order valence-corrected chi connectivity index (χ3v) is 7.17. The summed E-state index contributed by atoms with van der Waals surface area (Å²) in [5.41, 5.74) is 3.62. The van der Waals surface area contributed by atoms with Crippen LogP contribution < -0.4 is 5.32 Å². The lowest BCUT2D eigenvalue weighted by molar-refractivity contribution is -0.121. The summed E-state index contributed by atoms with van der Waals surface area (Å²) >= 11 is 0. The summed E-state index contributed by atoms with van der Waals surface area (Å²) in [7, 11) is -2.95. The van der Waals surface area contributed by atoms with Gasteiger partial charge in [0.1, 0.15) is 15.7 Å². The number of hydrogen-bond donors (Lipinski definition) is 2. The molecule has 7 heteroatoms. The molecule has 1 aliphatic rings. The van der Waals surface area contributed by atoms with Crippen LogP contribution in [0.1, 0.15) is 24.8 Å². The minimum absolute atomic E-state index is 0.0972. The first-order chi connectivity index (χ1) is 13.9. The van der Waals surface area contributed by atoms with Crippen LogP contribution in [0.15, 0.2) is 48.5 Å². The molecule has 3 aromatic rings. The molecular weight excluding hydrogens is 391 g/mol. The summed E-state index contributed by atoms with van der Waals surface area (Å²) in [4.78, 5) is 15.8. The molecule has 29 heavy (non-hydrogen) atoms. The van der Waals surface area contributed by atoms with E-state index in [1.807, 2.05) is 30.3 Å². The van der Waals surface area contributed by atoms with Gasteiger partial charge in [0.25, 0.3) is 0 Å². The molecule has 1 aliphatic heterocycles. The van der Waals surface area contributed by atoms with E-state index < -0.39 is 9.84 Å². The Labute approximate surface area is 169 Å². The van der Waals surface area contributed by atoms with E-state index in [1.54, 1.807) is 6.07 Å². The number of benzene rings is 2. The van der Waals surface area contributed by atoms with E-state index in [2.05, 4.69) is 10.3 Å². The summed E-state index contributed by atoms with van der Waals surface area (Å²) in [6, 6.07) is 14.3. The summed E-state index contributed by atoms with van der Waals surface area (Å²) in [5.74, 6) is -0.181. The van der Waals surface area contributed by atoms with E-state index >= 15 is 0 Å². The van der Waals surface area contributed by atoms with Gasteiger partial charge in [-0.15, -0.1) is 0 Å². The lowest BCUT2D eigenvalue weighted by atomic mass is 10.0. The summed E-state index contributed by atoms with van der Waals surface area (Å²) in [6.45, 7) is 0. The van der Waals surface area contributed by atoms with Gasteiger partial charge in [-0.05, 0) is 48.6 Å². The Hall–Kier alpha value is -2.67. The molecule has 1 saturated heterocycles. The van der Waals surface area contributed by atoms with Crippen molar-refractivity contribution in [3.63, 3.8) is 0 Å². The van der Waals surface area contributed by atoms with Gasteiger partial charge >= 0.3 is 0 Å². The van der Waals surface area contributed by atoms with Crippen LogP contribution in [0.5, 0.6) is 0 Å². The Bertz CT molecular complexity index is 1130. The number of fused-ring (bicyclic) bond motifs is 1. The zero-order valence-corrected chi connectivity index (χ0v) is 16.8. The second kappa shape index (κ2) is 7.99. The predicted molar refractivity (Wildman–Crippen MR) is 112 cm³/mol. The lowest BCUT2D eigenvalue weighted by Gasteiger charge is -2.23. The van der Waals surface area contributed by atoms with Crippen molar-refractivity contribution in [2.45, 2.75) is 31.7 Å².